The predicted molar refractivity (Wildman–Crippen MR) is 73.3 cm³/mol. The van der Waals surface area contributed by atoms with Gasteiger partial charge < -0.3 is 9.88 Å². The third-order valence-corrected chi connectivity index (χ3v) is 3.74. The van der Waals surface area contributed by atoms with Crippen molar-refractivity contribution < 1.29 is 0 Å². The van der Waals surface area contributed by atoms with E-state index >= 15 is 0 Å². The third-order valence-electron chi connectivity index (χ3n) is 3.50. The normalized spacial score (nSPS) is 19.3. The molecule has 0 radical (unpaired) electrons. The van der Waals surface area contributed by atoms with Gasteiger partial charge in [-0.25, -0.2) is 4.98 Å². The lowest BCUT2D eigenvalue weighted by molar-refractivity contribution is 0.615. The van der Waals surface area contributed by atoms with Gasteiger partial charge in [0, 0.05) is 16.8 Å². The van der Waals surface area contributed by atoms with Gasteiger partial charge >= 0.3 is 0 Å². The summed E-state index contributed by atoms with van der Waals surface area (Å²) in [6.45, 7) is 3.17. The fourth-order valence-corrected chi connectivity index (χ4v) is 2.82. The first-order chi connectivity index (χ1) is 8.75. The average molecular weight is 262 g/mol. The zero-order chi connectivity index (χ0) is 12.5. The molecule has 1 aliphatic rings. The molecule has 3 nitrogen and oxygen atoms in total. The SMILES string of the molecule is Cc1cc(Cl)ccc1-n1cncc1[C@@H]1CCCN1. The van der Waals surface area contributed by atoms with Crippen LogP contribution in [0.1, 0.15) is 30.1 Å². The average Bonchev–Trinajstić information content (AvgIpc) is 2.98. The van der Waals surface area contributed by atoms with E-state index in [4.69, 9.17) is 11.6 Å². The molecule has 1 saturated heterocycles. The largest absolute Gasteiger partial charge is 0.309 e. The van der Waals surface area contributed by atoms with Crippen LogP contribution in [0.25, 0.3) is 5.69 Å². The van der Waals surface area contributed by atoms with Gasteiger partial charge in [-0.3, -0.25) is 0 Å². The van der Waals surface area contributed by atoms with E-state index in [2.05, 4.69) is 27.9 Å². The van der Waals surface area contributed by atoms with Crippen LogP contribution in [0.5, 0.6) is 0 Å². The van der Waals surface area contributed by atoms with Gasteiger partial charge in [-0.2, -0.15) is 0 Å². The number of hydrogen-bond donors (Lipinski definition) is 1. The highest BCUT2D eigenvalue weighted by molar-refractivity contribution is 6.30. The Bertz CT molecular complexity index is 556. The smallest absolute Gasteiger partial charge is 0.0994 e. The minimum Gasteiger partial charge on any atom is -0.309 e. The summed E-state index contributed by atoms with van der Waals surface area (Å²) in [5.41, 5.74) is 3.55. The molecule has 0 bridgehead atoms. The molecule has 0 aliphatic carbocycles. The van der Waals surface area contributed by atoms with E-state index in [9.17, 15) is 0 Å². The van der Waals surface area contributed by atoms with Gasteiger partial charge in [0.25, 0.3) is 0 Å². The Morgan fingerprint density at radius 3 is 3.06 bits per heavy atom. The number of nitrogens with one attached hydrogen (secondary N) is 1. The maximum absolute atomic E-state index is 6.01. The predicted octanol–water partition coefficient (Wildman–Crippen LogP) is 3.26. The van der Waals surface area contributed by atoms with Crippen molar-refractivity contribution >= 4 is 11.6 Å². The Morgan fingerprint density at radius 2 is 2.33 bits per heavy atom. The Balaban J connectivity index is 2.03. The van der Waals surface area contributed by atoms with E-state index in [0.717, 1.165) is 17.3 Å². The molecule has 0 saturated carbocycles. The lowest BCUT2D eigenvalue weighted by Gasteiger charge is -2.15. The Labute approximate surface area is 112 Å². The monoisotopic (exact) mass is 261 g/mol. The molecule has 1 aliphatic heterocycles. The quantitative estimate of drug-likeness (QED) is 0.899. The Hall–Kier alpha value is -1.32. The maximum atomic E-state index is 6.01. The highest BCUT2D eigenvalue weighted by Crippen LogP contribution is 2.27. The van der Waals surface area contributed by atoms with E-state index in [1.165, 1.54) is 24.1 Å². The number of aryl methyl sites for hydroxylation is 1. The third kappa shape index (κ3) is 2.04. The molecule has 94 valence electrons. The van der Waals surface area contributed by atoms with Crippen molar-refractivity contribution in [3.8, 4) is 5.69 Å². The van der Waals surface area contributed by atoms with E-state index in [1.54, 1.807) is 0 Å². The molecular weight excluding hydrogens is 246 g/mol. The molecule has 4 heteroatoms. The van der Waals surface area contributed by atoms with E-state index in [1.807, 2.05) is 24.7 Å². The highest BCUT2D eigenvalue weighted by Gasteiger charge is 2.20. The minimum absolute atomic E-state index is 0.419. The molecule has 1 aromatic heterocycles. The van der Waals surface area contributed by atoms with Gasteiger partial charge in [-0.05, 0) is 50.1 Å². The Kier molecular flexibility index (Phi) is 3.10. The molecule has 2 aromatic rings. The van der Waals surface area contributed by atoms with E-state index in [-0.39, 0.29) is 0 Å². The lowest BCUT2D eigenvalue weighted by Crippen LogP contribution is -2.16. The molecule has 0 amide bonds. The number of hydrogen-bond acceptors (Lipinski definition) is 2. The van der Waals surface area contributed by atoms with Crippen molar-refractivity contribution in [1.82, 2.24) is 14.9 Å². The number of halogens is 1. The second-order valence-electron chi connectivity index (χ2n) is 4.77. The molecule has 1 fully saturated rings. The number of benzene rings is 1. The first kappa shape index (κ1) is 11.8. The molecule has 3 rings (SSSR count). The first-order valence-corrected chi connectivity index (χ1v) is 6.65. The van der Waals surface area contributed by atoms with Crippen molar-refractivity contribution in [2.45, 2.75) is 25.8 Å². The second-order valence-corrected chi connectivity index (χ2v) is 5.20. The molecule has 2 heterocycles. The van der Waals surface area contributed by atoms with Gasteiger partial charge in [0.05, 0.1) is 18.2 Å². The summed E-state index contributed by atoms with van der Waals surface area (Å²) in [7, 11) is 0. The van der Waals surface area contributed by atoms with Gasteiger partial charge in [-0.1, -0.05) is 11.6 Å². The summed E-state index contributed by atoms with van der Waals surface area (Å²) in [5, 5.41) is 4.29. The van der Waals surface area contributed by atoms with E-state index < -0.39 is 0 Å². The van der Waals surface area contributed by atoms with Crippen molar-refractivity contribution in [2.75, 3.05) is 6.54 Å². The number of aromatic nitrogens is 2. The Morgan fingerprint density at radius 1 is 1.44 bits per heavy atom. The highest BCUT2D eigenvalue weighted by atomic mass is 35.5. The molecule has 0 unspecified atom stereocenters. The molecule has 0 spiro atoms. The van der Waals surface area contributed by atoms with Crippen LogP contribution in [0.3, 0.4) is 0 Å². The summed E-state index contributed by atoms with van der Waals surface area (Å²) in [5.74, 6) is 0. The zero-order valence-corrected chi connectivity index (χ0v) is 11.1. The van der Waals surface area contributed by atoms with Crippen LogP contribution in [-0.4, -0.2) is 16.1 Å². The van der Waals surface area contributed by atoms with Crippen molar-refractivity contribution in [1.29, 1.82) is 0 Å². The maximum Gasteiger partial charge on any atom is 0.0994 e. The van der Waals surface area contributed by atoms with Crippen LogP contribution in [0, 0.1) is 6.92 Å². The summed E-state index contributed by atoms with van der Waals surface area (Å²) < 4.78 is 2.16. The molecule has 1 atom stereocenters. The molecule has 1 N–H and O–H groups in total. The number of rotatable bonds is 2. The van der Waals surface area contributed by atoms with Crippen LogP contribution in [-0.2, 0) is 0 Å². The summed E-state index contributed by atoms with van der Waals surface area (Å²) >= 11 is 6.01. The zero-order valence-electron chi connectivity index (χ0n) is 10.4. The fourth-order valence-electron chi connectivity index (χ4n) is 2.59. The van der Waals surface area contributed by atoms with Gasteiger partial charge in [0.2, 0.25) is 0 Å². The lowest BCUT2D eigenvalue weighted by atomic mass is 10.1. The van der Waals surface area contributed by atoms with Crippen molar-refractivity contribution in [2.24, 2.45) is 0 Å². The van der Waals surface area contributed by atoms with Gasteiger partial charge in [0.15, 0.2) is 0 Å². The fraction of sp³-hybridized carbons (Fsp3) is 0.357. The topological polar surface area (TPSA) is 29.9 Å². The molecular formula is C14H16ClN3. The van der Waals surface area contributed by atoms with Crippen molar-refractivity contribution in [3.63, 3.8) is 0 Å². The van der Waals surface area contributed by atoms with Crippen LogP contribution in [0.4, 0.5) is 0 Å². The standard InChI is InChI=1S/C14H16ClN3/c1-10-7-11(15)4-5-13(10)18-9-16-8-14(18)12-3-2-6-17-12/h4-5,7-9,12,17H,2-3,6H2,1H3/t12-/m0/s1. The second kappa shape index (κ2) is 4.75. The number of imidazole rings is 1. The summed E-state index contributed by atoms with van der Waals surface area (Å²) in [6, 6.07) is 6.39. The molecule has 1 aromatic carbocycles. The van der Waals surface area contributed by atoms with Crippen molar-refractivity contribution in [3.05, 3.63) is 47.0 Å². The molecule has 18 heavy (non-hydrogen) atoms. The van der Waals surface area contributed by atoms with Crippen LogP contribution in [0.15, 0.2) is 30.7 Å². The minimum atomic E-state index is 0.419. The number of nitrogens with zero attached hydrogens (tertiary/aromatic N) is 2. The van der Waals surface area contributed by atoms with Gasteiger partial charge in [0.1, 0.15) is 0 Å². The van der Waals surface area contributed by atoms with E-state index in [0.29, 0.717) is 6.04 Å². The van der Waals surface area contributed by atoms with Crippen LogP contribution in [0.2, 0.25) is 5.02 Å². The van der Waals surface area contributed by atoms with Gasteiger partial charge in [-0.15, -0.1) is 0 Å². The summed E-state index contributed by atoms with van der Waals surface area (Å²) in [4.78, 5) is 4.30. The first-order valence-electron chi connectivity index (χ1n) is 6.28. The summed E-state index contributed by atoms with van der Waals surface area (Å²) in [6.07, 6.45) is 6.25. The van der Waals surface area contributed by atoms with Crippen LogP contribution >= 0.6 is 11.6 Å². The van der Waals surface area contributed by atoms with Crippen LogP contribution < -0.4 is 5.32 Å².